The van der Waals surface area contributed by atoms with Crippen LogP contribution in [0, 0.1) is 6.92 Å². The van der Waals surface area contributed by atoms with Crippen molar-refractivity contribution >= 4 is 40.3 Å². The minimum absolute atomic E-state index is 0.0935. The fraction of sp³-hybridized carbons (Fsp3) is 0.244. The molecule has 6 rings (SSSR count). The summed E-state index contributed by atoms with van der Waals surface area (Å²) in [7, 11) is 0. The number of aryl methyl sites for hydroxylation is 1. The van der Waals surface area contributed by atoms with Crippen LogP contribution in [-0.4, -0.2) is 19.0 Å². The summed E-state index contributed by atoms with van der Waals surface area (Å²) in [5.41, 5.74) is 8.63. The third-order valence-corrected chi connectivity index (χ3v) is 9.16. The molecule has 5 aromatic rings. The predicted octanol–water partition coefficient (Wildman–Crippen LogP) is 11.3. The molecule has 2 N–H and O–H groups in total. The summed E-state index contributed by atoms with van der Waals surface area (Å²) in [4.78, 5) is 15.7. The van der Waals surface area contributed by atoms with Crippen molar-refractivity contribution in [1.82, 2.24) is 0 Å². The van der Waals surface area contributed by atoms with Crippen molar-refractivity contribution in [3.63, 3.8) is 0 Å². The quantitative estimate of drug-likeness (QED) is 0.139. The molecule has 0 spiro atoms. The van der Waals surface area contributed by atoms with E-state index < -0.39 is 0 Å². The van der Waals surface area contributed by atoms with Gasteiger partial charge < -0.3 is 20.3 Å². The van der Waals surface area contributed by atoms with E-state index in [1.54, 1.807) is 0 Å². The molecule has 0 saturated heterocycles. The highest BCUT2D eigenvalue weighted by atomic mass is 35.5. The number of carbonyl (C=O) groups is 1. The number of amides is 1. The first-order valence-electron chi connectivity index (χ1n) is 16.6. The fourth-order valence-electron chi connectivity index (χ4n) is 6.16. The molecule has 1 heterocycles. The lowest BCUT2D eigenvalue weighted by Crippen LogP contribution is -2.25. The van der Waals surface area contributed by atoms with Crippen LogP contribution < -0.4 is 20.3 Å². The van der Waals surface area contributed by atoms with Crippen molar-refractivity contribution in [2.75, 3.05) is 28.6 Å². The van der Waals surface area contributed by atoms with Crippen LogP contribution in [0.15, 0.2) is 109 Å². The maximum Gasteiger partial charge on any atom is 0.255 e. The largest absolute Gasteiger partial charge is 0.457 e. The molecule has 0 aromatic heterocycles. The lowest BCUT2D eigenvalue weighted by Gasteiger charge is -2.31. The number of hydrogen-bond donors (Lipinski definition) is 2. The smallest absolute Gasteiger partial charge is 0.255 e. The Labute approximate surface area is 283 Å². The molecule has 0 aliphatic carbocycles. The third-order valence-electron chi connectivity index (χ3n) is 8.83. The lowest BCUT2D eigenvalue weighted by atomic mass is 9.82. The molecule has 1 amide bonds. The maximum absolute atomic E-state index is 13.2. The SMILES string of the molecule is CCCCN(CCCC)c1ccc2c(c1)Oc1ccc(Nc3ccccc3Cl)cc1C2c1ccc(C(=O)Nc2ccccc2C)cc1. The second kappa shape index (κ2) is 14.8. The molecule has 0 radical (unpaired) electrons. The normalized spacial score (nSPS) is 13.2. The van der Waals surface area contributed by atoms with Gasteiger partial charge in [0.05, 0.1) is 10.7 Å². The van der Waals surface area contributed by atoms with E-state index in [0.29, 0.717) is 10.6 Å². The number of nitrogens with one attached hydrogen (secondary N) is 2. The molecule has 1 aliphatic heterocycles. The number of carbonyl (C=O) groups excluding carboxylic acids is 1. The number of hydrogen-bond acceptors (Lipinski definition) is 4. The number of para-hydroxylation sites is 2. The topological polar surface area (TPSA) is 53.6 Å². The Morgan fingerprint density at radius 2 is 1.47 bits per heavy atom. The van der Waals surface area contributed by atoms with E-state index in [-0.39, 0.29) is 11.8 Å². The van der Waals surface area contributed by atoms with E-state index in [9.17, 15) is 4.79 Å². The molecule has 240 valence electrons. The van der Waals surface area contributed by atoms with E-state index in [2.05, 4.69) is 65.8 Å². The van der Waals surface area contributed by atoms with Gasteiger partial charge in [-0.1, -0.05) is 86.8 Å². The Bertz CT molecular complexity index is 1840. The monoisotopic (exact) mass is 643 g/mol. The van der Waals surface area contributed by atoms with Crippen molar-refractivity contribution in [2.45, 2.75) is 52.4 Å². The summed E-state index contributed by atoms with van der Waals surface area (Å²) in [6, 6.07) is 36.4. The zero-order chi connectivity index (χ0) is 32.8. The Balaban J connectivity index is 1.37. The van der Waals surface area contributed by atoms with Gasteiger partial charge in [-0.25, -0.2) is 0 Å². The number of halogens is 1. The molecule has 0 fully saturated rings. The highest BCUT2D eigenvalue weighted by Gasteiger charge is 2.30. The minimum Gasteiger partial charge on any atom is -0.457 e. The van der Waals surface area contributed by atoms with Crippen LogP contribution in [0.2, 0.25) is 5.02 Å². The zero-order valence-electron chi connectivity index (χ0n) is 27.4. The van der Waals surface area contributed by atoms with Gasteiger partial charge in [-0.3, -0.25) is 4.79 Å². The summed E-state index contributed by atoms with van der Waals surface area (Å²) >= 11 is 6.49. The van der Waals surface area contributed by atoms with Crippen LogP contribution in [0.5, 0.6) is 11.5 Å². The summed E-state index contributed by atoms with van der Waals surface area (Å²) in [6.45, 7) is 8.52. The molecule has 0 saturated carbocycles. The van der Waals surface area contributed by atoms with Crippen LogP contribution in [0.4, 0.5) is 22.7 Å². The van der Waals surface area contributed by atoms with Crippen LogP contribution in [0.1, 0.15) is 78.1 Å². The summed E-state index contributed by atoms with van der Waals surface area (Å²) in [6.07, 6.45) is 4.61. The van der Waals surface area contributed by atoms with E-state index >= 15 is 0 Å². The highest BCUT2D eigenvalue weighted by molar-refractivity contribution is 6.33. The van der Waals surface area contributed by atoms with Gasteiger partial charge in [0.1, 0.15) is 11.5 Å². The first-order valence-corrected chi connectivity index (χ1v) is 17.0. The van der Waals surface area contributed by atoms with E-state index in [1.807, 2.05) is 79.7 Å². The minimum atomic E-state index is -0.131. The van der Waals surface area contributed by atoms with E-state index in [1.165, 1.54) is 5.69 Å². The molecule has 5 aromatic carbocycles. The van der Waals surface area contributed by atoms with Crippen molar-refractivity contribution < 1.29 is 9.53 Å². The number of rotatable bonds is 12. The Morgan fingerprint density at radius 3 is 2.17 bits per heavy atom. The summed E-state index contributed by atoms with van der Waals surface area (Å²) < 4.78 is 6.65. The molecule has 0 bridgehead atoms. The number of benzene rings is 5. The second-order valence-electron chi connectivity index (χ2n) is 12.2. The van der Waals surface area contributed by atoms with Crippen LogP contribution in [0.3, 0.4) is 0 Å². The zero-order valence-corrected chi connectivity index (χ0v) is 28.1. The van der Waals surface area contributed by atoms with Gasteiger partial charge in [-0.15, -0.1) is 0 Å². The molecular formula is C41H42ClN3O2. The van der Waals surface area contributed by atoms with Crippen molar-refractivity contribution in [2.24, 2.45) is 0 Å². The number of nitrogens with zero attached hydrogens (tertiary/aromatic N) is 1. The Morgan fingerprint density at radius 1 is 0.766 bits per heavy atom. The van der Waals surface area contributed by atoms with Crippen molar-refractivity contribution in [3.8, 4) is 11.5 Å². The number of ether oxygens (including phenoxy) is 1. The van der Waals surface area contributed by atoms with Gasteiger partial charge in [-0.05, 0) is 85.5 Å². The maximum atomic E-state index is 13.2. The predicted molar refractivity (Wildman–Crippen MR) is 196 cm³/mol. The first-order chi connectivity index (χ1) is 22.9. The van der Waals surface area contributed by atoms with Gasteiger partial charge >= 0.3 is 0 Å². The van der Waals surface area contributed by atoms with E-state index in [0.717, 1.165) is 89.6 Å². The number of anilines is 4. The first kappa shape index (κ1) is 32.2. The van der Waals surface area contributed by atoms with Crippen LogP contribution >= 0.6 is 11.6 Å². The van der Waals surface area contributed by atoms with Crippen LogP contribution in [-0.2, 0) is 0 Å². The molecule has 6 heteroatoms. The van der Waals surface area contributed by atoms with Crippen molar-refractivity contribution in [1.29, 1.82) is 0 Å². The third kappa shape index (κ3) is 7.31. The van der Waals surface area contributed by atoms with Crippen molar-refractivity contribution in [3.05, 3.63) is 142 Å². The van der Waals surface area contributed by atoms with Gasteiger partial charge in [0.2, 0.25) is 0 Å². The second-order valence-corrected chi connectivity index (χ2v) is 12.6. The number of unbranched alkanes of at least 4 members (excludes halogenated alkanes) is 2. The lowest BCUT2D eigenvalue weighted by molar-refractivity contribution is 0.102. The Hall–Kier alpha value is -4.74. The van der Waals surface area contributed by atoms with Gasteiger partial charge in [0, 0.05) is 58.8 Å². The van der Waals surface area contributed by atoms with Gasteiger partial charge in [0.25, 0.3) is 5.91 Å². The summed E-state index contributed by atoms with van der Waals surface area (Å²) in [5, 5.41) is 7.20. The molecule has 47 heavy (non-hydrogen) atoms. The molecule has 1 unspecified atom stereocenters. The van der Waals surface area contributed by atoms with Gasteiger partial charge in [-0.2, -0.15) is 0 Å². The van der Waals surface area contributed by atoms with Gasteiger partial charge in [0.15, 0.2) is 0 Å². The standard InChI is InChI=1S/C41H42ClN3O2/c1-4-6-24-45(25-7-5-2)32-21-22-33-39(27-32)47-38-23-20-31(43-37-15-11-9-13-35(37)42)26-34(38)40(33)29-16-18-30(19-17-29)41(46)44-36-14-10-8-12-28(36)3/h8-23,26-27,40,43H,4-7,24-25H2,1-3H3,(H,44,46). The number of fused-ring (bicyclic) bond motifs is 2. The van der Waals surface area contributed by atoms with Crippen LogP contribution in [0.25, 0.3) is 0 Å². The average molecular weight is 644 g/mol. The average Bonchev–Trinajstić information content (AvgIpc) is 3.09. The Kier molecular flexibility index (Phi) is 10.1. The summed E-state index contributed by atoms with van der Waals surface area (Å²) in [5.74, 6) is 1.46. The van der Waals surface area contributed by atoms with E-state index in [4.69, 9.17) is 16.3 Å². The molecule has 5 nitrogen and oxygen atoms in total. The fourth-order valence-corrected chi connectivity index (χ4v) is 6.34. The molecule has 1 atom stereocenters. The molecular weight excluding hydrogens is 602 g/mol. The highest BCUT2D eigenvalue weighted by Crippen LogP contribution is 2.49. The molecule has 1 aliphatic rings.